The maximum Gasteiger partial charge on any atom is 0.146 e. The topological polar surface area (TPSA) is 22.1 Å². The van der Waals surface area contributed by atoms with E-state index in [0.717, 1.165) is 22.2 Å². The Morgan fingerprint density at radius 2 is 1.60 bits per heavy atom. The summed E-state index contributed by atoms with van der Waals surface area (Å²) < 4.78 is 5.84. The van der Waals surface area contributed by atoms with Crippen molar-refractivity contribution in [1.82, 2.24) is 4.98 Å². The predicted octanol–water partition coefficient (Wildman–Crippen LogP) is 5.12. The van der Waals surface area contributed by atoms with Gasteiger partial charge in [-0.2, -0.15) is 0 Å². The Hall–Kier alpha value is -1.77. The van der Waals surface area contributed by atoms with Gasteiger partial charge in [-0.3, -0.25) is 4.98 Å². The molecule has 0 spiro atoms. The smallest absolute Gasteiger partial charge is 0.146 e. The molecule has 20 heavy (non-hydrogen) atoms. The van der Waals surface area contributed by atoms with E-state index in [1.807, 2.05) is 36.4 Å². The van der Waals surface area contributed by atoms with Crippen molar-refractivity contribution in [2.75, 3.05) is 0 Å². The summed E-state index contributed by atoms with van der Waals surface area (Å²) in [5.74, 6) is 0.721. The van der Waals surface area contributed by atoms with Gasteiger partial charge >= 0.3 is 0 Å². The minimum absolute atomic E-state index is 0.314. The highest BCUT2D eigenvalue weighted by atomic mass is 35.5. The minimum Gasteiger partial charge on any atom is -0.487 e. The second-order valence-corrected chi connectivity index (χ2v) is 5.13. The highest BCUT2D eigenvalue weighted by Crippen LogP contribution is 2.28. The lowest BCUT2D eigenvalue weighted by atomic mass is 10.2. The van der Waals surface area contributed by atoms with Gasteiger partial charge in [0.15, 0.2) is 0 Å². The molecule has 0 atom stereocenters. The monoisotopic (exact) mass is 303 g/mol. The molecular formula is C16H11Cl2NO. The third kappa shape index (κ3) is 2.58. The molecule has 0 fully saturated rings. The zero-order valence-electron chi connectivity index (χ0n) is 10.5. The van der Waals surface area contributed by atoms with E-state index >= 15 is 0 Å². The van der Waals surface area contributed by atoms with E-state index in [4.69, 9.17) is 27.9 Å². The van der Waals surface area contributed by atoms with Crippen LogP contribution in [-0.4, -0.2) is 4.98 Å². The first-order chi connectivity index (χ1) is 9.75. The molecule has 2 aromatic carbocycles. The number of ether oxygens (including phenoxy) is 1. The second-order valence-electron chi connectivity index (χ2n) is 4.32. The van der Waals surface area contributed by atoms with Gasteiger partial charge in [0.25, 0.3) is 0 Å². The molecule has 0 radical (unpaired) electrons. The van der Waals surface area contributed by atoms with Crippen molar-refractivity contribution in [1.29, 1.82) is 0 Å². The number of para-hydroxylation sites is 1. The van der Waals surface area contributed by atoms with E-state index in [-0.39, 0.29) is 0 Å². The van der Waals surface area contributed by atoms with Crippen molar-refractivity contribution in [3.63, 3.8) is 0 Å². The molecule has 0 N–H and O–H groups in total. The lowest BCUT2D eigenvalue weighted by Gasteiger charge is -2.10. The Labute approximate surface area is 126 Å². The molecule has 3 aromatic rings. The van der Waals surface area contributed by atoms with Gasteiger partial charge in [-0.05, 0) is 24.3 Å². The fraction of sp³-hybridized carbons (Fsp3) is 0.0625. The van der Waals surface area contributed by atoms with Crippen LogP contribution < -0.4 is 4.74 Å². The number of rotatable bonds is 3. The molecule has 3 rings (SSSR count). The molecule has 1 aromatic heterocycles. The number of hydrogen-bond donors (Lipinski definition) is 0. The average molecular weight is 304 g/mol. The molecule has 0 bridgehead atoms. The van der Waals surface area contributed by atoms with Crippen molar-refractivity contribution in [2.45, 2.75) is 6.61 Å². The number of halogens is 2. The van der Waals surface area contributed by atoms with Crippen LogP contribution in [0.15, 0.2) is 54.7 Å². The normalized spacial score (nSPS) is 10.7. The second kappa shape index (κ2) is 5.70. The molecular weight excluding hydrogens is 293 g/mol. The van der Waals surface area contributed by atoms with Crippen LogP contribution in [0.25, 0.3) is 10.9 Å². The number of pyridine rings is 1. The van der Waals surface area contributed by atoms with Crippen LogP contribution in [0, 0.1) is 0 Å². The summed E-state index contributed by atoms with van der Waals surface area (Å²) in [6.45, 7) is 0.314. The number of aromatic nitrogens is 1. The van der Waals surface area contributed by atoms with Gasteiger partial charge in [0.2, 0.25) is 0 Å². The van der Waals surface area contributed by atoms with E-state index in [2.05, 4.69) is 4.98 Å². The van der Waals surface area contributed by atoms with Gasteiger partial charge in [0.05, 0.1) is 0 Å². The molecule has 2 nitrogen and oxygen atoms in total. The van der Waals surface area contributed by atoms with Gasteiger partial charge in [0.1, 0.15) is 17.9 Å². The molecule has 0 aliphatic rings. The maximum atomic E-state index is 6.13. The molecule has 4 heteroatoms. The zero-order valence-corrected chi connectivity index (χ0v) is 12.0. The third-order valence-corrected chi connectivity index (χ3v) is 3.74. The van der Waals surface area contributed by atoms with E-state index in [0.29, 0.717) is 16.7 Å². The molecule has 0 unspecified atom stereocenters. The Balaban J connectivity index is 1.91. The Kier molecular flexibility index (Phi) is 3.77. The van der Waals surface area contributed by atoms with Crippen molar-refractivity contribution < 1.29 is 4.74 Å². The van der Waals surface area contributed by atoms with Gasteiger partial charge in [-0.15, -0.1) is 0 Å². The largest absolute Gasteiger partial charge is 0.487 e. The van der Waals surface area contributed by atoms with Crippen LogP contribution in [0.1, 0.15) is 5.56 Å². The quantitative estimate of drug-likeness (QED) is 0.670. The number of benzene rings is 2. The van der Waals surface area contributed by atoms with Crippen molar-refractivity contribution in [3.05, 3.63) is 70.3 Å². The first-order valence-electron chi connectivity index (χ1n) is 6.15. The third-order valence-electron chi connectivity index (χ3n) is 3.03. The van der Waals surface area contributed by atoms with Crippen LogP contribution in [0.4, 0.5) is 0 Å². The zero-order chi connectivity index (χ0) is 13.9. The van der Waals surface area contributed by atoms with Gasteiger partial charge in [-0.25, -0.2) is 0 Å². The average Bonchev–Trinajstić information content (AvgIpc) is 2.47. The first kappa shape index (κ1) is 13.2. The fourth-order valence-electron chi connectivity index (χ4n) is 2.01. The molecule has 0 aliphatic heterocycles. The Morgan fingerprint density at radius 1 is 0.900 bits per heavy atom. The van der Waals surface area contributed by atoms with Crippen LogP contribution >= 0.6 is 23.2 Å². The highest BCUT2D eigenvalue weighted by Gasteiger charge is 2.08. The van der Waals surface area contributed by atoms with E-state index in [1.54, 1.807) is 18.3 Å². The van der Waals surface area contributed by atoms with E-state index < -0.39 is 0 Å². The molecule has 0 saturated carbocycles. The summed E-state index contributed by atoms with van der Waals surface area (Å²) in [6.07, 6.45) is 1.75. The van der Waals surface area contributed by atoms with Crippen LogP contribution in [0.2, 0.25) is 10.0 Å². The van der Waals surface area contributed by atoms with Gasteiger partial charge in [0, 0.05) is 27.2 Å². The first-order valence-corrected chi connectivity index (χ1v) is 6.91. The predicted molar refractivity (Wildman–Crippen MR) is 82.5 cm³/mol. The summed E-state index contributed by atoms with van der Waals surface area (Å²) in [6, 6.07) is 15.1. The van der Waals surface area contributed by atoms with Crippen molar-refractivity contribution in [3.8, 4) is 5.75 Å². The van der Waals surface area contributed by atoms with Gasteiger partial charge < -0.3 is 4.74 Å². The Bertz CT molecular complexity index is 733. The number of fused-ring (bicyclic) bond motifs is 1. The summed E-state index contributed by atoms with van der Waals surface area (Å²) in [5, 5.41) is 2.24. The number of hydrogen-bond acceptors (Lipinski definition) is 2. The van der Waals surface area contributed by atoms with Crippen molar-refractivity contribution >= 4 is 34.1 Å². The maximum absolute atomic E-state index is 6.13. The molecule has 1 heterocycles. The molecule has 0 aliphatic carbocycles. The SMILES string of the molecule is Clc1cccc(Cl)c1COc1cccc2cccnc12. The van der Waals surface area contributed by atoms with Crippen LogP contribution in [-0.2, 0) is 6.61 Å². The molecule has 100 valence electrons. The molecule has 0 saturated heterocycles. The van der Waals surface area contributed by atoms with Crippen LogP contribution in [0.5, 0.6) is 5.75 Å². The standard InChI is InChI=1S/C16H11Cl2NO/c17-13-6-2-7-14(18)12(13)10-20-15-8-1-4-11-5-3-9-19-16(11)15/h1-9H,10H2. The van der Waals surface area contributed by atoms with Crippen molar-refractivity contribution in [2.24, 2.45) is 0 Å². The minimum atomic E-state index is 0.314. The lowest BCUT2D eigenvalue weighted by Crippen LogP contribution is -1.98. The summed E-state index contributed by atoms with van der Waals surface area (Å²) >= 11 is 12.3. The lowest BCUT2D eigenvalue weighted by molar-refractivity contribution is 0.309. The van der Waals surface area contributed by atoms with Gasteiger partial charge in [-0.1, -0.05) is 47.5 Å². The number of nitrogens with zero attached hydrogens (tertiary/aromatic N) is 1. The summed E-state index contributed by atoms with van der Waals surface area (Å²) in [4.78, 5) is 4.35. The summed E-state index contributed by atoms with van der Waals surface area (Å²) in [7, 11) is 0. The fourth-order valence-corrected chi connectivity index (χ4v) is 2.52. The Morgan fingerprint density at radius 3 is 2.40 bits per heavy atom. The highest BCUT2D eigenvalue weighted by molar-refractivity contribution is 6.35. The summed E-state index contributed by atoms with van der Waals surface area (Å²) in [5.41, 5.74) is 1.61. The molecule has 0 amide bonds. The van der Waals surface area contributed by atoms with E-state index in [1.165, 1.54) is 0 Å². The van der Waals surface area contributed by atoms with Crippen LogP contribution in [0.3, 0.4) is 0 Å². The van der Waals surface area contributed by atoms with E-state index in [9.17, 15) is 0 Å².